The van der Waals surface area contributed by atoms with Crippen LogP contribution in [0.1, 0.15) is 34.1 Å². The first-order valence-electron chi connectivity index (χ1n) is 7.19. The van der Waals surface area contributed by atoms with Gasteiger partial charge in [-0.2, -0.15) is 0 Å². The van der Waals surface area contributed by atoms with Gasteiger partial charge in [-0.3, -0.25) is 4.79 Å². The quantitative estimate of drug-likeness (QED) is 0.407. The van der Waals surface area contributed by atoms with Gasteiger partial charge in [0.1, 0.15) is 0 Å². The first kappa shape index (κ1) is 19.4. The van der Waals surface area contributed by atoms with Crippen molar-refractivity contribution < 1.29 is 19.4 Å². The zero-order valence-electron chi connectivity index (χ0n) is 13.5. The lowest BCUT2D eigenvalue weighted by Gasteiger charge is -2.23. The van der Waals surface area contributed by atoms with Crippen LogP contribution < -0.4 is 5.32 Å². The summed E-state index contributed by atoms with van der Waals surface area (Å²) in [5.74, 6) is -0.717. The number of carbonyl (C=O) groups is 2. The van der Waals surface area contributed by atoms with Crippen LogP contribution in [0.5, 0.6) is 0 Å². The van der Waals surface area contributed by atoms with E-state index in [2.05, 4.69) is 23.9 Å². The lowest BCUT2D eigenvalue weighted by Crippen LogP contribution is -2.50. The maximum atomic E-state index is 11.7. The number of methoxy groups -OCH3 is 1. The molecule has 0 rings (SSSR count). The molecule has 0 aliphatic rings. The Hall–Kier alpha value is -1.62. The molecule has 0 unspecified atom stereocenters. The van der Waals surface area contributed by atoms with Gasteiger partial charge in [-0.05, 0) is 18.3 Å². The van der Waals surface area contributed by atoms with Gasteiger partial charge >= 0.3 is 5.97 Å². The summed E-state index contributed by atoms with van der Waals surface area (Å²) in [7, 11) is 1.22. The average molecular weight is 297 g/mol. The van der Waals surface area contributed by atoms with E-state index >= 15 is 0 Å². The summed E-state index contributed by atoms with van der Waals surface area (Å²) in [6.07, 6.45) is 6.61. The molecule has 2 atom stereocenters. The average Bonchev–Trinajstić information content (AvgIpc) is 2.42. The van der Waals surface area contributed by atoms with Crippen molar-refractivity contribution in [1.82, 2.24) is 5.32 Å². The SMILES string of the molecule is COC(=O)[C@@H](NC(=O)/C=C/C=C/CC(C)C)[C@H](O)C(C)C. The first-order valence-corrected chi connectivity index (χ1v) is 7.19. The molecule has 120 valence electrons. The van der Waals surface area contributed by atoms with Gasteiger partial charge in [-0.1, -0.05) is 45.9 Å². The minimum Gasteiger partial charge on any atom is -0.467 e. The van der Waals surface area contributed by atoms with Crippen molar-refractivity contribution in [2.24, 2.45) is 11.8 Å². The highest BCUT2D eigenvalue weighted by Gasteiger charge is 2.30. The molecule has 0 saturated heterocycles. The normalized spacial score (nSPS) is 14.9. The predicted molar refractivity (Wildman–Crippen MR) is 82.5 cm³/mol. The second-order valence-electron chi connectivity index (χ2n) is 5.66. The zero-order valence-corrected chi connectivity index (χ0v) is 13.5. The van der Waals surface area contributed by atoms with Gasteiger partial charge < -0.3 is 15.2 Å². The molecule has 0 aliphatic carbocycles. The fourth-order valence-electron chi connectivity index (χ4n) is 1.57. The van der Waals surface area contributed by atoms with Gasteiger partial charge in [0.05, 0.1) is 13.2 Å². The van der Waals surface area contributed by atoms with E-state index in [1.807, 2.05) is 6.08 Å². The number of aliphatic hydroxyl groups excluding tert-OH is 1. The van der Waals surface area contributed by atoms with E-state index < -0.39 is 24.0 Å². The summed E-state index contributed by atoms with van der Waals surface area (Å²) in [6, 6.07) is -1.06. The number of esters is 1. The summed E-state index contributed by atoms with van der Waals surface area (Å²) in [6.45, 7) is 7.73. The van der Waals surface area contributed by atoms with Crippen LogP contribution in [0.3, 0.4) is 0 Å². The first-order chi connectivity index (χ1) is 9.79. The monoisotopic (exact) mass is 297 g/mol. The molecule has 0 radical (unpaired) electrons. The summed E-state index contributed by atoms with van der Waals surface area (Å²) in [5, 5.41) is 12.4. The van der Waals surface area contributed by atoms with Crippen LogP contribution in [0.2, 0.25) is 0 Å². The maximum Gasteiger partial charge on any atom is 0.331 e. The summed E-state index contributed by atoms with van der Waals surface area (Å²) < 4.78 is 4.60. The van der Waals surface area contributed by atoms with Crippen LogP contribution in [0.25, 0.3) is 0 Å². The minimum absolute atomic E-state index is 0.177. The molecule has 0 saturated carbocycles. The fraction of sp³-hybridized carbons (Fsp3) is 0.625. The fourth-order valence-corrected chi connectivity index (χ4v) is 1.57. The molecule has 0 heterocycles. The molecule has 0 aromatic rings. The second-order valence-corrected chi connectivity index (χ2v) is 5.66. The number of amides is 1. The molecule has 0 bridgehead atoms. The third-order valence-electron chi connectivity index (χ3n) is 2.88. The van der Waals surface area contributed by atoms with Crippen LogP contribution in [0, 0.1) is 11.8 Å². The number of ether oxygens (including phenoxy) is 1. The van der Waals surface area contributed by atoms with Crippen LogP contribution in [-0.2, 0) is 14.3 Å². The number of aliphatic hydroxyl groups is 1. The number of hydrogen-bond donors (Lipinski definition) is 2. The lowest BCUT2D eigenvalue weighted by atomic mass is 9.99. The Labute approximate surface area is 127 Å². The van der Waals surface area contributed by atoms with Crippen LogP contribution in [-0.4, -0.2) is 36.2 Å². The Bertz CT molecular complexity index is 386. The highest BCUT2D eigenvalue weighted by Crippen LogP contribution is 2.08. The Morgan fingerprint density at radius 1 is 1.19 bits per heavy atom. The van der Waals surface area contributed by atoms with Gasteiger partial charge in [0.25, 0.3) is 0 Å². The van der Waals surface area contributed by atoms with Gasteiger partial charge in [0, 0.05) is 6.08 Å². The molecule has 21 heavy (non-hydrogen) atoms. The number of rotatable bonds is 8. The molecule has 0 aliphatic heterocycles. The molecule has 0 aromatic heterocycles. The predicted octanol–water partition coefficient (Wildman–Crippen LogP) is 1.82. The smallest absolute Gasteiger partial charge is 0.331 e. The lowest BCUT2D eigenvalue weighted by molar-refractivity contribution is -0.148. The summed E-state index contributed by atoms with van der Waals surface area (Å²) >= 11 is 0. The largest absolute Gasteiger partial charge is 0.467 e. The molecule has 0 aromatic carbocycles. The van der Waals surface area contributed by atoms with Crippen LogP contribution in [0.15, 0.2) is 24.3 Å². The van der Waals surface area contributed by atoms with Crippen molar-refractivity contribution in [2.45, 2.75) is 46.3 Å². The molecule has 1 amide bonds. The standard InChI is InChI=1S/C16H27NO4/c1-11(2)9-7-6-8-10-13(18)17-14(16(20)21-5)15(19)12(3)4/h6-8,10-12,14-15,19H,9H2,1-5H3,(H,17,18)/b7-6+,10-8+/t14-,15+/m0/s1. The third-order valence-corrected chi connectivity index (χ3v) is 2.88. The highest BCUT2D eigenvalue weighted by atomic mass is 16.5. The van der Waals surface area contributed by atoms with Crippen molar-refractivity contribution >= 4 is 11.9 Å². The van der Waals surface area contributed by atoms with E-state index in [-0.39, 0.29) is 5.92 Å². The van der Waals surface area contributed by atoms with E-state index in [0.717, 1.165) is 6.42 Å². The van der Waals surface area contributed by atoms with E-state index in [0.29, 0.717) is 5.92 Å². The number of carbonyl (C=O) groups excluding carboxylic acids is 2. The summed E-state index contributed by atoms with van der Waals surface area (Å²) in [5.41, 5.74) is 0. The molecule has 5 heteroatoms. The van der Waals surface area contributed by atoms with E-state index in [1.54, 1.807) is 26.0 Å². The van der Waals surface area contributed by atoms with Crippen molar-refractivity contribution in [3.63, 3.8) is 0 Å². The molecular formula is C16H27NO4. The maximum absolute atomic E-state index is 11.7. The Morgan fingerprint density at radius 3 is 2.29 bits per heavy atom. The number of allylic oxidation sites excluding steroid dienone is 3. The Morgan fingerprint density at radius 2 is 1.81 bits per heavy atom. The summed E-state index contributed by atoms with van der Waals surface area (Å²) in [4.78, 5) is 23.4. The molecule has 0 spiro atoms. The molecule has 0 fully saturated rings. The van der Waals surface area contributed by atoms with Gasteiger partial charge in [0.2, 0.25) is 5.91 Å². The van der Waals surface area contributed by atoms with E-state index in [4.69, 9.17) is 0 Å². The van der Waals surface area contributed by atoms with Gasteiger partial charge in [-0.15, -0.1) is 0 Å². The highest BCUT2D eigenvalue weighted by molar-refractivity contribution is 5.91. The second kappa shape index (κ2) is 10.2. The van der Waals surface area contributed by atoms with Crippen molar-refractivity contribution in [1.29, 1.82) is 0 Å². The number of nitrogens with one attached hydrogen (secondary N) is 1. The van der Waals surface area contributed by atoms with Crippen molar-refractivity contribution in [3.8, 4) is 0 Å². The van der Waals surface area contributed by atoms with Crippen molar-refractivity contribution in [3.05, 3.63) is 24.3 Å². The van der Waals surface area contributed by atoms with Crippen molar-refractivity contribution in [2.75, 3.05) is 7.11 Å². The van der Waals surface area contributed by atoms with E-state index in [9.17, 15) is 14.7 Å². The molecule has 5 nitrogen and oxygen atoms in total. The molecule has 2 N–H and O–H groups in total. The topological polar surface area (TPSA) is 75.6 Å². The Balaban J connectivity index is 4.57. The molecular weight excluding hydrogens is 270 g/mol. The Kier molecular flexibility index (Phi) is 9.37. The van der Waals surface area contributed by atoms with Crippen LogP contribution in [0.4, 0.5) is 0 Å². The van der Waals surface area contributed by atoms with Crippen LogP contribution >= 0.6 is 0 Å². The van der Waals surface area contributed by atoms with E-state index in [1.165, 1.54) is 13.2 Å². The van der Waals surface area contributed by atoms with Gasteiger partial charge in [-0.25, -0.2) is 4.79 Å². The number of hydrogen-bond acceptors (Lipinski definition) is 4. The third kappa shape index (κ3) is 8.30. The van der Waals surface area contributed by atoms with Gasteiger partial charge in [0.15, 0.2) is 6.04 Å². The zero-order chi connectivity index (χ0) is 16.4. The minimum atomic E-state index is -1.06.